The van der Waals surface area contributed by atoms with Crippen molar-refractivity contribution >= 4 is 10.2 Å². The van der Waals surface area contributed by atoms with E-state index in [1.54, 1.807) is 13.8 Å². The van der Waals surface area contributed by atoms with Crippen LogP contribution in [0.4, 0.5) is 19.4 Å². The summed E-state index contributed by atoms with van der Waals surface area (Å²) in [5.74, 6) is 0.0116. The Balaban J connectivity index is 3.23. The quantitative estimate of drug-likeness (QED) is 0.607. The van der Waals surface area contributed by atoms with Gasteiger partial charge in [-0.15, -0.1) is 0 Å². The first-order valence-corrected chi connectivity index (χ1v) is 6.19. The van der Waals surface area contributed by atoms with Crippen LogP contribution in [0.5, 0.6) is 0 Å². The van der Waals surface area contributed by atoms with Crippen LogP contribution in [0.15, 0.2) is 29.2 Å². The number of hydrogen-bond acceptors (Lipinski definition) is 0. The van der Waals surface area contributed by atoms with E-state index in [1.165, 1.54) is 0 Å². The average molecular weight is 246 g/mol. The van der Waals surface area contributed by atoms with Gasteiger partial charge >= 0.3 is 10.2 Å². The molecule has 0 atom stereocenters. The summed E-state index contributed by atoms with van der Waals surface area (Å²) in [6.45, 7) is 3.55. The van der Waals surface area contributed by atoms with Crippen molar-refractivity contribution in [3.8, 4) is 0 Å². The van der Waals surface area contributed by atoms with E-state index in [0.717, 1.165) is 12.1 Å². The molecule has 0 unspecified atom stereocenters. The third-order valence-corrected chi connectivity index (χ3v) is 3.16. The molecule has 1 aromatic rings. The van der Waals surface area contributed by atoms with Crippen molar-refractivity contribution in [3.05, 3.63) is 29.8 Å². The van der Waals surface area contributed by atoms with E-state index in [-0.39, 0.29) is 5.92 Å². The first-order chi connectivity index (χ1) is 6.40. The van der Waals surface area contributed by atoms with Crippen LogP contribution < -0.4 is 0 Å². The number of hydrogen-bond donors (Lipinski definition) is 0. The van der Waals surface area contributed by atoms with Gasteiger partial charge in [0.25, 0.3) is 0 Å². The van der Waals surface area contributed by atoms with Crippen molar-refractivity contribution in [2.45, 2.75) is 24.7 Å². The van der Waals surface area contributed by atoms with Crippen LogP contribution in [0.25, 0.3) is 0 Å². The van der Waals surface area contributed by atoms with Gasteiger partial charge in [0.1, 0.15) is 4.90 Å². The van der Waals surface area contributed by atoms with Crippen LogP contribution in [0.1, 0.15) is 25.3 Å². The molecular weight excluding hydrogens is 235 g/mol. The normalized spacial score (nSPS) is 17.3. The second-order valence-electron chi connectivity index (χ2n) is 3.69. The molecule has 6 heteroatoms. The van der Waals surface area contributed by atoms with Gasteiger partial charge in [0, 0.05) is 0 Å². The minimum Gasteiger partial charge on any atom is -0.0936 e. The van der Waals surface area contributed by atoms with Crippen LogP contribution >= 0.6 is 10.2 Å². The van der Waals surface area contributed by atoms with Crippen LogP contribution in [0.2, 0.25) is 0 Å². The lowest BCUT2D eigenvalue weighted by Gasteiger charge is -2.40. The third-order valence-electron chi connectivity index (χ3n) is 1.99. The monoisotopic (exact) mass is 246 g/mol. The van der Waals surface area contributed by atoms with Crippen molar-refractivity contribution in [2.75, 3.05) is 0 Å². The largest absolute Gasteiger partial charge is 0.310 e. The molecule has 0 fully saturated rings. The number of halogens is 5. The minimum atomic E-state index is -9.49. The standard InChI is InChI=1S/C9H11F5S/c1-7(2)8-3-5-9(6-4-8)15(10,11,12,13)14/h3-7H,1-2H3. The maximum atomic E-state index is 12.3. The number of benzene rings is 1. The fraction of sp³-hybridized carbons (Fsp3) is 0.333. The second kappa shape index (κ2) is 2.66. The first-order valence-electron chi connectivity index (χ1n) is 4.24. The Hall–Kier alpha value is -0.780. The summed E-state index contributed by atoms with van der Waals surface area (Å²) in [4.78, 5) is -1.83. The van der Waals surface area contributed by atoms with E-state index >= 15 is 0 Å². The van der Waals surface area contributed by atoms with Gasteiger partial charge in [-0.05, 0) is 23.6 Å². The lowest BCUT2D eigenvalue weighted by molar-refractivity contribution is 0.364. The highest BCUT2D eigenvalue weighted by molar-refractivity contribution is 8.45. The highest BCUT2D eigenvalue weighted by Gasteiger charge is 2.65. The summed E-state index contributed by atoms with van der Waals surface area (Å²) in [7, 11) is -9.49. The molecule has 1 rings (SSSR count). The Labute approximate surface area is 84.8 Å². The Kier molecular flexibility index (Phi) is 2.18. The molecule has 0 nitrogen and oxygen atoms in total. The lowest BCUT2D eigenvalue weighted by Crippen LogP contribution is -2.05. The van der Waals surface area contributed by atoms with Gasteiger partial charge in [-0.3, -0.25) is 0 Å². The van der Waals surface area contributed by atoms with Crippen molar-refractivity contribution in [2.24, 2.45) is 0 Å². The molecule has 1 aromatic carbocycles. The molecule has 0 aliphatic heterocycles. The summed E-state index contributed by atoms with van der Waals surface area (Å²) < 4.78 is 61.4. The second-order valence-corrected chi connectivity index (χ2v) is 6.10. The fourth-order valence-corrected chi connectivity index (χ4v) is 1.76. The molecule has 0 aliphatic carbocycles. The predicted octanol–water partition coefficient (Wildman–Crippen LogP) is 5.47. The molecule has 0 bridgehead atoms. The van der Waals surface area contributed by atoms with Gasteiger partial charge in [-0.2, -0.15) is 0 Å². The van der Waals surface area contributed by atoms with E-state index in [9.17, 15) is 19.4 Å². The van der Waals surface area contributed by atoms with Crippen molar-refractivity contribution in [1.82, 2.24) is 0 Å². The summed E-state index contributed by atoms with van der Waals surface area (Å²) in [5.41, 5.74) is 0.598. The SMILES string of the molecule is CC(C)c1ccc(S(F)(F)(F)(F)F)cc1. The molecule has 0 radical (unpaired) electrons. The summed E-state index contributed by atoms with van der Waals surface area (Å²) >= 11 is 0. The molecule has 0 heterocycles. The number of rotatable bonds is 2. The van der Waals surface area contributed by atoms with Gasteiger partial charge in [-0.25, -0.2) is 0 Å². The Morgan fingerprint density at radius 1 is 0.867 bits per heavy atom. The predicted molar refractivity (Wildman–Crippen MR) is 51.9 cm³/mol. The van der Waals surface area contributed by atoms with E-state index in [0.29, 0.717) is 17.7 Å². The molecule has 0 aliphatic rings. The van der Waals surface area contributed by atoms with E-state index < -0.39 is 15.1 Å². The van der Waals surface area contributed by atoms with Crippen LogP contribution in [0, 0.1) is 0 Å². The highest BCUT2D eigenvalue weighted by Crippen LogP contribution is 3.02. The van der Waals surface area contributed by atoms with Gasteiger partial charge in [0.15, 0.2) is 0 Å². The van der Waals surface area contributed by atoms with Crippen molar-refractivity contribution < 1.29 is 19.4 Å². The zero-order chi connectivity index (χ0) is 12.0. The zero-order valence-electron chi connectivity index (χ0n) is 8.18. The van der Waals surface area contributed by atoms with Crippen LogP contribution in [0.3, 0.4) is 0 Å². The highest BCUT2D eigenvalue weighted by atomic mass is 32.5. The van der Waals surface area contributed by atoms with E-state index in [4.69, 9.17) is 0 Å². The topological polar surface area (TPSA) is 0 Å². The molecule has 0 amide bonds. The maximum absolute atomic E-state index is 12.3. The van der Waals surface area contributed by atoms with Gasteiger partial charge in [0.05, 0.1) is 0 Å². The average Bonchev–Trinajstić information content (AvgIpc) is 2.00. The van der Waals surface area contributed by atoms with Gasteiger partial charge in [0.2, 0.25) is 0 Å². The Bertz CT molecular complexity index is 361. The maximum Gasteiger partial charge on any atom is 0.310 e. The summed E-state index contributed by atoms with van der Waals surface area (Å²) in [6, 6.07) is 3.05. The molecule has 0 spiro atoms. The van der Waals surface area contributed by atoms with Crippen molar-refractivity contribution in [3.63, 3.8) is 0 Å². The van der Waals surface area contributed by atoms with Crippen LogP contribution in [-0.4, -0.2) is 0 Å². The zero-order valence-corrected chi connectivity index (χ0v) is 9.00. The summed E-state index contributed by atoms with van der Waals surface area (Å²) in [5, 5.41) is 0. The van der Waals surface area contributed by atoms with E-state index in [1.807, 2.05) is 0 Å². The molecule has 0 saturated carbocycles. The van der Waals surface area contributed by atoms with Crippen LogP contribution in [-0.2, 0) is 0 Å². The third kappa shape index (κ3) is 3.09. The lowest BCUT2D eigenvalue weighted by atomic mass is 10.0. The molecule has 88 valence electrons. The van der Waals surface area contributed by atoms with Gasteiger partial charge in [-0.1, -0.05) is 45.4 Å². The van der Waals surface area contributed by atoms with Gasteiger partial charge < -0.3 is 0 Å². The van der Waals surface area contributed by atoms with Crippen molar-refractivity contribution in [1.29, 1.82) is 0 Å². The Morgan fingerprint density at radius 3 is 1.53 bits per heavy atom. The summed E-state index contributed by atoms with van der Waals surface area (Å²) in [6.07, 6.45) is 0. The molecule has 0 N–H and O–H groups in total. The molecule has 0 saturated heterocycles. The molecule has 15 heavy (non-hydrogen) atoms. The Morgan fingerprint density at radius 2 is 1.27 bits per heavy atom. The molecule has 0 aromatic heterocycles. The van der Waals surface area contributed by atoms with E-state index in [2.05, 4.69) is 0 Å². The smallest absolute Gasteiger partial charge is 0.0936 e. The minimum absolute atomic E-state index is 0.0116. The fourth-order valence-electron chi connectivity index (χ4n) is 1.11. The molecular formula is C9H11F5S. The first kappa shape index (κ1) is 12.3.